The molecule has 3 nitrogen and oxygen atoms in total. The van der Waals surface area contributed by atoms with Crippen LogP contribution in [0.1, 0.15) is 39.0 Å². The highest BCUT2D eigenvalue weighted by molar-refractivity contribution is 9.09. The van der Waals surface area contributed by atoms with Gasteiger partial charge in [-0.15, -0.1) is 0 Å². The van der Waals surface area contributed by atoms with Crippen molar-refractivity contribution in [3.63, 3.8) is 0 Å². The van der Waals surface area contributed by atoms with E-state index in [2.05, 4.69) is 22.9 Å². The van der Waals surface area contributed by atoms with Gasteiger partial charge in [-0.2, -0.15) is 0 Å². The second-order valence-corrected chi connectivity index (χ2v) is 4.96. The molecule has 0 bridgehead atoms. The number of rotatable bonds is 4. The molecular formula is C11H19BrO3. The summed E-state index contributed by atoms with van der Waals surface area (Å²) >= 11 is 3.43. The fourth-order valence-corrected chi connectivity index (χ4v) is 2.58. The number of hydrogen-bond acceptors (Lipinski definition) is 3. The monoisotopic (exact) mass is 278 g/mol. The van der Waals surface area contributed by atoms with E-state index in [-0.39, 0.29) is 12.2 Å². The third-order valence-electron chi connectivity index (χ3n) is 3.01. The maximum atomic E-state index is 5.88. The van der Waals surface area contributed by atoms with Gasteiger partial charge in [-0.3, -0.25) is 0 Å². The van der Waals surface area contributed by atoms with Crippen LogP contribution >= 0.6 is 15.9 Å². The fraction of sp³-hybridized carbons (Fsp3) is 1.00. The largest absolute Gasteiger partial charge is 0.325 e. The molecule has 0 radical (unpaired) electrons. The molecule has 0 aromatic heterocycles. The fourth-order valence-electron chi connectivity index (χ4n) is 2.13. The van der Waals surface area contributed by atoms with Crippen LogP contribution in [-0.4, -0.2) is 30.1 Å². The van der Waals surface area contributed by atoms with Crippen molar-refractivity contribution in [2.75, 3.05) is 11.9 Å². The molecule has 0 aliphatic carbocycles. The molecule has 2 saturated heterocycles. The molecule has 2 rings (SSSR count). The summed E-state index contributed by atoms with van der Waals surface area (Å²) in [6.07, 6.45) is 5.86. The Kier molecular flexibility index (Phi) is 4.04. The standard InChI is InChI=1S/C11H19BrO3/c1-2-3-4-10-8-13-11(15-10)6-5-9(7-12)14-11/h9-10H,2-8H2,1H3. The van der Waals surface area contributed by atoms with Gasteiger partial charge in [0.2, 0.25) is 0 Å². The van der Waals surface area contributed by atoms with Crippen molar-refractivity contribution in [1.82, 2.24) is 0 Å². The minimum absolute atomic E-state index is 0.235. The number of alkyl halides is 1. The Bertz CT molecular complexity index is 212. The number of halogens is 1. The lowest BCUT2D eigenvalue weighted by molar-refractivity contribution is -0.323. The lowest BCUT2D eigenvalue weighted by atomic mass is 10.2. The molecule has 2 fully saturated rings. The van der Waals surface area contributed by atoms with Gasteiger partial charge in [-0.25, -0.2) is 0 Å². The first-order valence-electron chi connectivity index (χ1n) is 5.83. The van der Waals surface area contributed by atoms with Crippen LogP contribution in [0, 0.1) is 0 Å². The van der Waals surface area contributed by atoms with Crippen LogP contribution in [0.25, 0.3) is 0 Å². The maximum absolute atomic E-state index is 5.88. The molecule has 3 unspecified atom stereocenters. The highest BCUT2D eigenvalue weighted by Gasteiger charge is 2.48. The minimum Gasteiger partial charge on any atom is -0.325 e. The van der Waals surface area contributed by atoms with Crippen LogP contribution in [0.4, 0.5) is 0 Å². The van der Waals surface area contributed by atoms with E-state index in [0.29, 0.717) is 6.61 Å². The Morgan fingerprint density at radius 1 is 1.33 bits per heavy atom. The van der Waals surface area contributed by atoms with E-state index < -0.39 is 5.97 Å². The van der Waals surface area contributed by atoms with Gasteiger partial charge in [0.25, 0.3) is 5.97 Å². The van der Waals surface area contributed by atoms with Gasteiger partial charge in [-0.05, 0) is 12.8 Å². The van der Waals surface area contributed by atoms with Crippen molar-refractivity contribution in [2.24, 2.45) is 0 Å². The Morgan fingerprint density at radius 2 is 2.13 bits per heavy atom. The second kappa shape index (κ2) is 5.13. The van der Waals surface area contributed by atoms with Gasteiger partial charge < -0.3 is 14.2 Å². The molecule has 2 aliphatic heterocycles. The lowest BCUT2D eigenvalue weighted by Crippen LogP contribution is -2.31. The van der Waals surface area contributed by atoms with Crippen LogP contribution < -0.4 is 0 Å². The zero-order chi connectivity index (χ0) is 10.7. The third kappa shape index (κ3) is 2.73. The van der Waals surface area contributed by atoms with Crippen LogP contribution in [0.5, 0.6) is 0 Å². The molecule has 1 spiro atoms. The third-order valence-corrected chi connectivity index (χ3v) is 3.73. The van der Waals surface area contributed by atoms with Crippen LogP contribution in [0.3, 0.4) is 0 Å². The number of hydrogen-bond donors (Lipinski definition) is 0. The molecule has 2 heterocycles. The Labute approximate surface area is 99.6 Å². The highest BCUT2D eigenvalue weighted by atomic mass is 79.9. The molecule has 0 aromatic carbocycles. The van der Waals surface area contributed by atoms with Gasteiger partial charge in [0.1, 0.15) is 0 Å². The van der Waals surface area contributed by atoms with Crippen LogP contribution in [0.2, 0.25) is 0 Å². The SMILES string of the molecule is CCCCC1COC2(CCC(CBr)O2)O1. The van der Waals surface area contributed by atoms with E-state index >= 15 is 0 Å². The topological polar surface area (TPSA) is 27.7 Å². The molecule has 4 heteroatoms. The summed E-state index contributed by atoms with van der Waals surface area (Å²) in [6.45, 7) is 2.88. The summed E-state index contributed by atoms with van der Waals surface area (Å²) in [5, 5.41) is 0.862. The molecule has 0 N–H and O–H groups in total. The normalized spacial score (nSPS) is 40.4. The van der Waals surface area contributed by atoms with Crippen molar-refractivity contribution in [2.45, 2.75) is 57.2 Å². The summed E-state index contributed by atoms with van der Waals surface area (Å²) in [5.41, 5.74) is 0. The van der Waals surface area contributed by atoms with Crippen molar-refractivity contribution in [3.05, 3.63) is 0 Å². The molecule has 2 aliphatic rings. The lowest BCUT2D eigenvalue weighted by Gasteiger charge is -2.22. The van der Waals surface area contributed by atoms with Gasteiger partial charge in [0.15, 0.2) is 0 Å². The summed E-state index contributed by atoms with van der Waals surface area (Å²) in [5.74, 6) is -0.698. The Morgan fingerprint density at radius 3 is 2.80 bits per heavy atom. The first-order valence-corrected chi connectivity index (χ1v) is 6.95. The summed E-state index contributed by atoms with van der Waals surface area (Å²) in [7, 11) is 0. The Hall–Kier alpha value is 0.360. The van der Waals surface area contributed by atoms with Crippen LogP contribution in [0.15, 0.2) is 0 Å². The van der Waals surface area contributed by atoms with Crippen molar-refractivity contribution in [1.29, 1.82) is 0 Å². The summed E-state index contributed by atoms with van der Waals surface area (Å²) < 4.78 is 17.3. The quantitative estimate of drug-likeness (QED) is 0.741. The van der Waals surface area contributed by atoms with Crippen molar-refractivity contribution < 1.29 is 14.2 Å². The minimum atomic E-state index is -0.698. The molecule has 15 heavy (non-hydrogen) atoms. The first-order chi connectivity index (χ1) is 7.28. The van der Waals surface area contributed by atoms with Gasteiger partial charge >= 0.3 is 0 Å². The van der Waals surface area contributed by atoms with Crippen molar-refractivity contribution in [3.8, 4) is 0 Å². The average molecular weight is 279 g/mol. The van der Waals surface area contributed by atoms with Gasteiger partial charge in [0, 0.05) is 11.8 Å². The predicted molar refractivity (Wildman–Crippen MR) is 61.0 cm³/mol. The van der Waals surface area contributed by atoms with E-state index in [1.165, 1.54) is 12.8 Å². The van der Waals surface area contributed by atoms with E-state index in [1.54, 1.807) is 0 Å². The molecular weight excluding hydrogens is 260 g/mol. The Balaban J connectivity index is 1.81. The molecule has 3 atom stereocenters. The van der Waals surface area contributed by atoms with E-state index in [0.717, 1.165) is 24.6 Å². The number of ether oxygens (including phenoxy) is 3. The first kappa shape index (κ1) is 11.8. The predicted octanol–water partition coefficient (Wildman–Crippen LogP) is 2.82. The van der Waals surface area contributed by atoms with Crippen molar-refractivity contribution >= 4 is 15.9 Å². The van der Waals surface area contributed by atoms with Gasteiger partial charge in [-0.1, -0.05) is 35.7 Å². The number of unbranched alkanes of at least 4 members (excludes halogenated alkanes) is 1. The molecule has 0 amide bonds. The van der Waals surface area contributed by atoms with E-state index in [9.17, 15) is 0 Å². The van der Waals surface area contributed by atoms with Gasteiger partial charge in [0.05, 0.1) is 18.8 Å². The summed E-state index contributed by atoms with van der Waals surface area (Å²) in [6, 6.07) is 0. The zero-order valence-corrected chi connectivity index (χ0v) is 10.8. The van der Waals surface area contributed by atoms with E-state index in [1.807, 2.05) is 0 Å². The summed E-state index contributed by atoms with van der Waals surface area (Å²) in [4.78, 5) is 0. The molecule has 0 saturated carbocycles. The average Bonchev–Trinajstić information content (AvgIpc) is 2.84. The maximum Gasteiger partial charge on any atom is 0.283 e. The van der Waals surface area contributed by atoms with E-state index in [4.69, 9.17) is 14.2 Å². The second-order valence-electron chi connectivity index (χ2n) is 4.31. The highest BCUT2D eigenvalue weighted by Crippen LogP contribution is 2.39. The zero-order valence-electron chi connectivity index (χ0n) is 9.21. The molecule has 88 valence electrons. The molecule has 0 aromatic rings. The smallest absolute Gasteiger partial charge is 0.283 e. The van der Waals surface area contributed by atoms with Crippen LogP contribution in [-0.2, 0) is 14.2 Å².